The van der Waals surface area contributed by atoms with Crippen molar-refractivity contribution in [1.82, 2.24) is 19.3 Å². The number of hydrogen-bond donors (Lipinski definition) is 0. The molecule has 8 nitrogen and oxygen atoms in total. The van der Waals surface area contributed by atoms with E-state index >= 15 is 0 Å². The third kappa shape index (κ3) is 3.94. The summed E-state index contributed by atoms with van der Waals surface area (Å²) >= 11 is 0. The Hall–Kier alpha value is -2.23. The molecule has 0 radical (unpaired) electrons. The molecule has 0 N–H and O–H groups in total. The van der Waals surface area contributed by atoms with Crippen molar-refractivity contribution in [2.45, 2.75) is 31.7 Å². The standard InChI is InChI=1S/C20H26N4O4S/c1-15-20(16(2)28-21-15)29(26,27)24-11-9-23(10-12-24)19(25)14-22-8-7-17-5-3-4-6-18(17)13-22/h3-6H,7-14H2,1-2H3. The van der Waals surface area contributed by atoms with Gasteiger partial charge in [-0.2, -0.15) is 4.31 Å². The number of benzene rings is 1. The number of carbonyl (C=O) groups excluding carboxylic acids is 1. The summed E-state index contributed by atoms with van der Waals surface area (Å²) in [6.45, 7) is 6.58. The molecule has 4 rings (SSSR count). The Kier molecular flexibility index (Phi) is 5.46. The number of sulfonamides is 1. The highest BCUT2D eigenvalue weighted by atomic mass is 32.2. The molecule has 1 aromatic heterocycles. The average molecular weight is 419 g/mol. The number of rotatable bonds is 4. The first-order chi connectivity index (χ1) is 13.9. The van der Waals surface area contributed by atoms with Crippen LogP contribution in [-0.2, 0) is 27.8 Å². The van der Waals surface area contributed by atoms with Crippen LogP contribution < -0.4 is 0 Å². The number of aryl methyl sites for hydroxylation is 2. The fourth-order valence-electron chi connectivity index (χ4n) is 4.13. The summed E-state index contributed by atoms with van der Waals surface area (Å²) in [6.07, 6.45) is 0.951. The van der Waals surface area contributed by atoms with E-state index in [9.17, 15) is 13.2 Å². The minimum atomic E-state index is -3.66. The molecule has 1 amide bonds. The van der Waals surface area contributed by atoms with Crippen molar-refractivity contribution in [3.63, 3.8) is 0 Å². The highest BCUT2D eigenvalue weighted by molar-refractivity contribution is 7.89. The van der Waals surface area contributed by atoms with Gasteiger partial charge in [-0.05, 0) is 31.4 Å². The van der Waals surface area contributed by atoms with Crippen molar-refractivity contribution >= 4 is 15.9 Å². The number of hydrogen-bond acceptors (Lipinski definition) is 6. The Bertz CT molecular complexity index is 990. The monoisotopic (exact) mass is 418 g/mol. The van der Waals surface area contributed by atoms with Gasteiger partial charge in [-0.15, -0.1) is 0 Å². The molecular formula is C20H26N4O4S. The van der Waals surface area contributed by atoms with Gasteiger partial charge >= 0.3 is 0 Å². The molecule has 0 aliphatic carbocycles. The number of nitrogens with zero attached hydrogens (tertiary/aromatic N) is 4. The van der Waals surface area contributed by atoms with Crippen LogP contribution in [0.5, 0.6) is 0 Å². The van der Waals surface area contributed by atoms with Gasteiger partial charge in [0.2, 0.25) is 15.9 Å². The second-order valence-electron chi connectivity index (χ2n) is 7.67. The molecule has 0 spiro atoms. The third-order valence-corrected chi connectivity index (χ3v) is 7.87. The number of carbonyl (C=O) groups is 1. The first kappa shape index (κ1) is 20.1. The lowest BCUT2D eigenvalue weighted by Crippen LogP contribution is -2.52. The van der Waals surface area contributed by atoms with Crippen LogP contribution in [0.15, 0.2) is 33.7 Å². The van der Waals surface area contributed by atoms with Gasteiger partial charge in [0, 0.05) is 39.3 Å². The smallest absolute Gasteiger partial charge is 0.248 e. The lowest BCUT2D eigenvalue weighted by Gasteiger charge is -2.36. The number of aromatic nitrogens is 1. The minimum Gasteiger partial charge on any atom is -0.360 e. The lowest BCUT2D eigenvalue weighted by molar-refractivity contribution is -0.133. The fraction of sp³-hybridized carbons (Fsp3) is 0.500. The van der Waals surface area contributed by atoms with Crippen LogP contribution in [0.3, 0.4) is 0 Å². The molecule has 0 bridgehead atoms. The molecule has 9 heteroatoms. The lowest BCUT2D eigenvalue weighted by atomic mass is 10.00. The first-order valence-corrected chi connectivity index (χ1v) is 11.3. The zero-order valence-corrected chi connectivity index (χ0v) is 17.6. The normalized spacial score (nSPS) is 18.6. The van der Waals surface area contributed by atoms with Crippen molar-refractivity contribution in [2.24, 2.45) is 0 Å². The number of amides is 1. The maximum Gasteiger partial charge on any atom is 0.248 e. The summed E-state index contributed by atoms with van der Waals surface area (Å²) in [6, 6.07) is 8.34. The van der Waals surface area contributed by atoms with E-state index in [1.807, 2.05) is 6.07 Å². The summed E-state index contributed by atoms with van der Waals surface area (Å²) in [5.41, 5.74) is 3.00. The molecular weight excluding hydrogens is 392 g/mol. The van der Waals surface area contributed by atoms with E-state index in [-0.39, 0.29) is 23.9 Å². The van der Waals surface area contributed by atoms with E-state index in [1.54, 1.807) is 18.7 Å². The summed E-state index contributed by atoms with van der Waals surface area (Å²) in [4.78, 5) is 16.8. The summed E-state index contributed by atoms with van der Waals surface area (Å²) in [5, 5.41) is 3.75. The Balaban J connectivity index is 1.35. The number of piperazine rings is 1. The topological polar surface area (TPSA) is 87.0 Å². The van der Waals surface area contributed by atoms with Gasteiger partial charge in [-0.1, -0.05) is 29.4 Å². The maximum atomic E-state index is 12.9. The summed E-state index contributed by atoms with van der Waals surface area (Å²) < 4.78 is 32.3. The summed E-state index contributed by atoms with van der Waals surface area (Å²) in [7, 11) is -3.66. The van der Waals surface area contributed by atoms with Crippen LogP contribution in [-0.4, -0.2) is 72.9 Å². The number of fused-ring (bicyclic) bond motifs is 1. The van der Waals surface area contributed by atoms with Crippen LogP contribution in [0, 0.1) is 13.8 Å². The molecule has 0 atom stereocenters. The van der Waals surface area contributed by atoms with E-state index < -0.39 is 10.0 Å². The second kappa shape index (κ2) is 7.89. The van der Waals surface area contributed by atoms with Crippen molar-refractivity contribution in [1.29, 1.82) is 0 Å². The van der Waals surface area contributed by atoms with Gasteiger partial charge in [-0.3, -0.25) is 9.69 Å². The third-order valence-electron chi connectivity index (χ3n) is 5.73. The van der Waals surface area contributed by atoms with Crippen LogP contribution in [0.1, 0.15) is 22.6 Å². The molecule has 1 saturated heterocycles. The van der Waals surface area contributed by atoms with Gasteiger partial charge in [0.1, 0.15) is 10.6 Å². The van der Waals surface area contributed by atoms with Crippen molar-refractivity contribution in [2.75, 3.05) is 39.3 Å². The molecule has 2 aliphatic heterocycles. The molecule has 2 aliphatic rings. The molecule has 1 aromatic carbocycles. The Morgan fingerprint density at radius 2 is 1.76 bits per heavy atom. The van der Waals surface area contributed by atoms with E-state index in [4.69, 9.17) is 4.52 Å². The molecule has 29 heavy (non-hydrogen) atoms. The van der Waals surface area contributed by atoms with Gasteiger partial charge in [0.15, 0.2) is 5.76 Å². The Morgan fingerprint density at radius 1 is 1.07 bits per heavy atom. The maximum absolute atomic E-state index is 12.9. The van der Waals surface area contributed by atoms with E-state index in [0.29, 0.717) is 31.1 Å². The van der Waals surface area contributed by atoms with Gasteiger partial charge in [-0.25, -0.2) is 8.42 Å². The molecule has 1 fully saturated rings. The van der Waals surface area contributed by atoms with Crippen molar-refractivity contribution in [3.8, 4) is 0 Å². The summed E-state index contributed by atoms with van der Waals surface area (Å²) in [5.74, 6) is 0.352. The first-order valence-electron chi connectivity index (χ1n) is 9.86. The molecule has 156 valence electrons. The van der Waals surface area contributed by atoms with Crippen LogP contribution in [0.25, 0.3) is 0 Å². The van der Waals surface area contributed by atoms with E-state index in [1.165, 1.54) is 15.4 Å². The van der Waals surface area contributed by atoms with Crippen molar-refractivity contribution in [3.05, 3.63) is 46.8 Å². The fourth-order valence-corrected chi connectivity index (χ4v) is 5.84. The molecule has 0 saturated carbocycles. The van der Waals surface area contributed by atoms with E-state index in [2.05, 4.69) is 28.3 Å². The zero-order chi connectivity index (χ0) is 20.6. The zero-order valence-electron chi connectivity index (χ0n) is 16.8. The molecule has 2 aromatic rings. The molecule has 0 unspecified atom stereocenters. The highest BCUT2D eigenvalue weighted by Crippen LogP contribution is 2.24. The largest absolute Gasteiger partial charge is 0.360 e. The van der Waals surface area contributed by atoms with Gasteiger partial charge < -0.3 is 9.42 Å². The van der Waals surface area contributed by atoms with Crippen molar-refractivity contribution < 1.29 is 17.7 Å². The molecule has 3 heterocycles. The predicted octanol–water partition coefficient (Wildman–Crippen LogP) is 1.18. The Labute approximate surface area is 171 Å². The predicted molar refractivity (Wildman–Crippen MR) is 107 cm³/mol. The highest BCUT2D eigenvalue weighted by Gasteiger charge is 2.34. The Morgan fingerprint density at radius 3 is 2.41 bits per heavy atom. The van der Waals surface area contributed by atoms with Crippen LogP contribution in [0.2, 0.25) is 0 Å². The van der Waals surface area contributed by atoms with Gasteiger partial charge in [0.05, 0.1) is 6.54 Å². The second-order valence-corrected chi connectivity index (χ2v) is 9.54. The van der Waals surface area contributed by atoms with Crippen LogP contribution in [0.4, 0.5) is 0 Å². The average Bonchev–Trinajstić information content (AvgIpc) is 3.07. The van der Waals surface area contributed by atoms with Crippen LogP contribution >= 0.6 is 0 Å². The SMILES string of the molecule is Cc1noc(C)c1S(=O)(=O)N1CCN(C(=O)CN2CCc3ccccc3C2)CC1. The minimum absolute atomic E-state index is 0.0544. The van der Waals surface area contributed by atoms with Gasteiger partial charge in [0.25, 0.3) is 0 Å². The van der Waals surface area contributed by atoms with E-state index in [0.717, 1.165) is 19.5 Å². The quantitative estimate of drug-likeness (QED) is 0.741.